The molecule has 0 aliphatic carbocycles. The van der Waals surface area contributed by atoms with Crippen LogP contribution in [0.25, 0.3) is 0 Å². The van der Waals surface area contributed by atoms with Crippen LogP contribution in [0.5, 0.6) is 0 Å². The van der Waals surface area contributed by atoms with Gasteiger partial charge in [-0.15, -0.1) is 0 Å². The molecule has 0 fully saturated rings. The summed E-state index contributed by atoms with van der Waals surface area (Å²) >= 11 is 1.90. The van der Waals surface area contributed by atoms with Gasteiger partial charge >= 0.3 is 5.90 Å². The van der Waals surface area contributed by atoms with Gasteiger partial charge in [-0.2, -0.15) is 0 Å². The van der Waals surface area contributed by atoms with Gasteiger partial charge in [0.25, 0.3) is 0 Å². The zero-order chi connectivity index (χ0) is 17.9. The Morgan fingerprint density at radius 1 is 1.08 bits per heavy atom. The summed E-state index contributed by atoms with van der Waals surface area (Å²) in [7, 11) is 1.80. The van der Waals surface area contributed by atoms with Crippen LogP contribution in [0.15, 0.2) is 68.1 Å². The Morgan fingerprint density at radius 2 is 1.64 bits per heavy atom. The predicted octanol–water partition coefficient (Wildman–Crippen LogP) is 3.89. The summed E-state index contributed by atoms with van der Waals surface area (Å²) in [6, 6.07) is 17.8. The Hall–Kier alpha value is -1.39. The number of hydrogen-bond acceptors (Lipinski definition) is 2. The van der Waals surface area contributed by atoms with E-state index >= 15 is 0 Å². The molecule has 2 nitrogen and oxygen atoms in total. The molecule has 0 saturated carbocycles. The first-order valence-corrected chi connectivity index (χ1v) is 11.0. The van der Waals surface area contributed by atoms with E-state index in [0.29, 0.717) is 0 Å². The SMILES string of the molecule is CCC[C@@](C)(C[S+]1c2ccccc2Sc2ccccc21)[NH+]=C(C)OC. The van der Waals surface area contributed by atoms with Gasteiger partial charge in [0.05, 0.1) is 34.7 Å². The van der Waals surface area contributed by atoms with Crippen LogP contribution in [0.2, 0.25) is 0 Å². The minimum atomic E-state index is 0.0141. The molecule has 0 saturated heterocycles. The van der Waals surface area contributed by atoms with Crippen molar-refractivity contribution in [2.24, 2.45) is 0 Å². The maximum atomic E-state index is 5.42. The summed E-state index contributed by atoms with van der Waals surface area (Å²) in [6.07, 6.45) is 2.27. The van der Waals surface area contributed by atoms with Crippen molar-refractivity contribution in [2.75, 3.05) is 12.9 Å². The van der Waals surface area contributed by atoms with Crippen molar-refractivity contribution >= 4 is 28.6 Å². The van der Waals surface area contributed by atoms with E-state index in [9.17, 15) is 0 Å². The molecule has 2 aromatic rings. The van der Waals surface area contributed by atoms with E-state index in [1.54, 1.807) is 7.11 Å². The lowest BCUT2D eigenvalue weighted by atomic mass is 10.00. The fourth-order valence-electron chi connectivity index (χ4n) is 3.39. The number of ether oxygens (including phenoxy) is 1. The van der Waals surface area contributed by atoms with Gasteiger partial charge in [0.2, 0.25) is 5.54 Å². The molecular weight excluding hydrogens is 346 g/mol. The van der Waals surface area contributed by atoms with E-state index in [1.807, 2.05) is 18.7 Å². The zero-order valence-electron chi connectivity index (χ0n) is 15.5. The van der Waals surface area contributed by atoms with Gasteiger partial charge in [0.15, 0.2) is 15.5 Å². The molecule has 1 aliphatic heterocycles. The standard InChI is InChI=1S/C21H26NOS2/c1-5-14-21(3,22-16(2)23-4)15-25-19-12-8-6-10-17(19)24-18-11-7-9-13-20(18)25/h6-13H,5,14-15H2,1-4H3/q+1/p+1/t21-/m0/s1. The number of hydrogen-bond donors (Lipinski definition) is 1. The molecule has 25 heavy (non-hydrogen) atoms. The van der Waals surface area contributed by atoms with Crippen LogP contribution in [0, 0.1) is 0 Å². The maximum Gasteiger partial charge on any atom is 0.331 e. The fourth-order valence-corrected chi connectivity index (χ4v) is 7.62. The Labute approximate surface area is 158 Å². The second-order valence-electron chi connectivity index (χ2n) is 6.73. The number of nitrogens with one attached hydrogen (secondary N) is 1. The van der Waals surface area contributed by atoms with Crippen LogP contribution in [0.1, 0.15) is 33.6 Å². The molecule has 0 bridgehead atoms. The molecule has 0 amide bonds. The van der Waals surface area contributed by atoms with E-state index in [1.165, 1.54) is 19.6 Å². The summed E-state index contributed by atoms with van der Waals surface area (Å²) in [5.41, 5.74) is 0.0141. The summed E-state index contributed by atoms with van der Waals surface area (Å²) in [6.45, 7) is 6.60. The van der Waals surface area contributed by atoms with Crippen molar-refractivity contribution in [3.63, 3.8) is 0 Å². The zero-order valence-corrected chi connectivity index (χ0v) is 17.1. The highest BCUT2D eigenvalue weighted by Crippen LogP contribution is 2.46. The smallest absolute Gasteiger partial charge is 0.331 e. The van der Waals surface area contributed by atoms with E-state index < -0.39 is 0 Å². The largest absolute Gasteiger partial charge is 0.452 e. The first kappa shape index (κ1) is 18.4. The number of fused-ring (bicyclic) bond motifs is 2. The lowest BCUT2D eigenvalue weighted by Crippen LogP contribution is -2.88. The monoisotopic (exact) mass is 373 g/mol. The quantitative estimate of drug-likeness (QED) is 0.488. The molecule has 0 aromatic heterocycles. The number of benzene rings is 2. The van der Waals surface area contributed by atoms with Crippen molar-refractivity contribution in [3.05, 3.63) is 48.5 Å². The average Bonchev–Trinajstić information content (AvgIpc) is 2.61. The van der Waals surface area contributed by atoms with Crippen LogP contribution in [0.3, 0.4) is 0 Å². The fraction of sp³-hybridized carbons (Fsp3) is 0.381. The highest BCUT2D eigenvalue weighted by Gasteiger charge is 2.44. The van der Waals surface area contributed by atoms with Gasteiger partial charge in [-0.1, -0.05) is 43.0 Å². The van der Waals surface area contributed by atoms with Crippen molar-refractivity contribution in [1.29, 1.82) is 0 Å². The third kappa shape index (κ3) is 4.06. The van der Waals surface area contributed by atoms with Crippen LogP contribution in [-0.2, 0) is 15.6 Å². The summed E-state index contributed by atoms with van der Waals surface area (Å²) < 4.78 is 5.42. The van der Waals surface area contributed by atoms with Gasteiger partial charge < -0.3 is 4.74 Å². The molecule has 4 heteroatoms. The first-order chi connectivity index (χ1) is 12.1. The van der Waals surface area contributed by atoms with Crippen molar-refractivity contribution in [1.82, 2.24) is 0 Å². The lowest BCUT2D eigenvalue weighted by Gasteiger charge is -2.24. The molecule has 0 radical (unpaired) electrons. The third-order valence-corrected chi connectivity index (χ3v) is 8.61. The Balaban J connectivity index is 2.03. The molecule has 1 heterocycles. The van der Waals surface area contributed by atoms with Gasteiger partial charge in [-0.25, -0.2) is 4.99 Å². The minimum absolute atomic E-state index is 0.0141. The molecule has 132 valence electrons. The van der Waals surface area contributed by atoms with E-state index in [4.69, 9.17) is 4.74 Å². The summed E-state index contributed by atoms with van der Waals surface area (Å²) in [4.78, 5) is 9.40. The molecule has 0 spiro atoms. The molecule has 1 atom stereocenters. The van der Waals surface area contributed by atoms with Crippen LogP contribution in [0.4, 0.5) is 0 Å². The number of methoxy groups -OCH3 is 1. The van der Waals surface area contributed by atoms with Crippen molar-refractivity contribution < 1.29 is 9.73 Å². The minimum Gasteiger partial charge on any atom is -0.452 e. The molecule has 0 unspecified atom stereocenters. The van der Waals surface area contributed by atoms with E-state index in [-0.39, 0.29) is 16.4 Å². The van der Waals surface area contributed by atoms with E-state index in [0.717, 1.165) is 24.5 Å². The third-order valence-electron chi connectivity index (χ3n) is 4.50. The van der Waals surface area contributed by atoms with Crippen LogP contribution >= 0.6 is 11.8 Å². The highest BCUT2D eigenvalue weighted by molar-refractivity contribution is 8.04. The van der Waals surface area contributed by atoms with Gasteiger partial charge in [-0.3, -0.25) is 0 Å². The Kier molecular flexibility index (Phi) is 5.80. The maximum absolute atomic E-state index is 5.42. The van der Waals surface area contributed by atoms with E-state index in [2.05, 4.69) is 67.4 Å². The van der Waals surface area contributed by atoms with Gasteiger partial charge in [0, 0.05) is 13.3 Å². The molecule has 3 rings (SSSR count). The van der Waals surface area contributed by atoms with Crippen molar-refractivity contribution in [2.45, 2.75) is 58.7 Å². The molecular formula is C21H27NOS2+2. The highest BCUT2D eigenvalue weighted by atomic mass is 32.2. The lowest BCUT2D eigenvalue weighted by molar-refractivity contribution is -0.551. The predicted molar refractivity (Wildman–Crippen MR) is 108 cm³/mol. The average molecular weight is 374 g/mol. The first-order valence-electron chi connectivity index (χ1n) is 8.79. The topological polar surface area (TPSA) is 23.2 Å². The van der Waals surface area contributed by atoms with Crippen LogP contribution < -0.4 is 4.99 Å². The van der Waals surface area contributed by atoms with Crippen LogP contribution in [-0.4, -0.2) is 24.3 Å². The second kappa shape index (κ2) is 7.88. The Bertz CT molecular complexity index is 728. The summed E-state index contributed by atoms with van der Waals surface area (Å²) in [5.74, 6) is 1.98. The normalized spacial score (nSPS) is 16.7. The van der Waals surface area contributed by atoms with Crippen molar-refractivity contribution in [3.8, 4) is 0 Å². The van der Waals surface area contributed by atoms with Gasteiger partial charge in [0.1, 0.15) is 0 Å². The molecule has 1 aliphatic rings. The number of rotatable bonds is 5. The Morgan fingerprint density at radius 3 is 2.16 bits per heavy atom. The summed E-state index contributed by atoms with van der Waals surface area (Å²) in [5, 5.41) is 0. The molecule has 2 aromatic carbocycles. The molecule has 1 N–H and O–H groups in total. The van der Waals surface area contributed by atoms with Gasteiger partial charge in [-0.05, 0) is 30.7 Å². The second-order valence-corrected chi connectivity index (χ2v) is 9.76.